The highest BCUT2D eigenvalue weighted by Gasteiger charge is 2.37. The fraction of sp³-hybridized carbons (Fsp3) is 0.222. The van der Waals surface area contributed by atoms with E-state index in [0.717, 1.165) is 6.07 Å². The molecule has 0 radical (unpaired) electrons. The van der Waals surface area contributed by atoms with Crippen molar-refractivity contribution in [3.05, 3.63) is 52.6 Å². The van der Waals surface area contributed by atoms with Crippen LogP contribution >= 0.6 is 0 Å². The van der Waals surface area contributed by atoms with Crippen molar-refractivity contribution >= 4 is 11.9 Å². The maximum atomic E-state index is 13.5. The number of carbonyl (C=O) groups excluding carboxylic acids is 1. The molecule has 0 aromatic heterocycles. The van der Waals surface area contributed by atoms with Gasteiger partial charge in [-0.1, -0.05) is 12.1 Å². The second kappa shape index (κ2) is 6.36. The molecule has 1 aliphatic rings. The Morgan fingerprint density at radius 2 is 1.92 bits per heavy atom. The Hall–Kier alpha value is -3.03. The smallest absolute Gasteiger partial charge is 0.419 e. The molecule has 5 nitrogen and oxygen atoms in total. The van der Waals surface area contributed by atoms with Crippen LogP contribution in [-0.2, 0) is 12.6 Å². The molecule has 1 amide bonds. The van der Waals surface area contributed by atoms with E-state index in [9.17, 15) is 27.9 Å². The van der Waals surface area contributed by atoms with Crippen LogP contribution in [0.3, 0.4) is 0 Å². The fourth-order valence-corrected chi connectivity index (χ4v) is 3.08. The number of fused-ring (bicyclic) bond motifs is 1. The second-order valence-electron chi connectivity index (χ2n) is 5.86. The number of halogens is 3. The minimum atomic E-state index is -4.66. The largest absolute Gasteiger partial charge is 0.493 e. The lowest BCUT2D eigenvalue weighted by atomic mass is 9.90. The topological polar surface area (TPSA) is 89.6 Å². The molecule has 0 saturated heterocycles. The molecule has 26 heavy (non-hydrogen) atoms. The number of alkyl halides is 3. The first-order chi connectivity index (χ1) is 12.2. The van der Waals surface area contributed by atoms with Crippen LogP contribution in [0.15, 0.2) is 30.3 Å². The Bertz CT molecular complexity index is 906. The Labute approximate surface area is 146 Å². The molecule has 3 rings (SSSR count). The summed E-state index contributed by atoms with van der Waals surface area (Å²) in [5.74, 6) is -2.64. The molecule has 0 saturated carbocycles. The van der Waals surface area contributed by atoms with Crippen LogP contribution in [0.4, 0.5) is 13.2 Å². The number of amides is 1. The van der Waals surface area contributed by atoms with Crippen molar-refractivity contribution in [3.63, 3.8) is 0 Å². The average Bonchev–Trinajstić information content (AvgIpc) is 2.59. The van der Waals surface area contributed by atoms with Crippen LogP contribution in [-0.4, -0.2) is 23.6 Å². The van der Waals surface area contributed by atoms with Crippen LogP contribution < -0.4 is 10.5 Å². The molecule has 3 N–H and O–H groups in total. The lowest BCUT2D eigenvalue weighted by molar-refractivity contribution is -0.139. The van der Waals surface area contributed by atoms with Gasteiger partial charge in [0.2, 0.25) is 5.91 Å². The van der Waals surface area contributed by atoms with Crippen LogP contribution in [0.2, 0.25) is 0 Å². The lowest BCUT2D eigenvalue weighted by Crippen LogP contribution is -2.19. The number of carboxylic acid groups (broad SMARTS) is 1. The molecular weight excluding hydrogens is 351 g/mol. The van der Waals surface area contributed by atoms with Gasteiger partial charge in [0.15, 0.2) is 0 Å². The number of carboxylic acids is 1. The number of benzene rings is 2. The minimum absolute atomic E-state index is 0.0382. The molecule has 8 heteroatoms. The van der Waals surface area contributed by atoms with Gasteiger partial charge in [-0.3, -0.25) is 4.79 Å². The number of ether oxygens (including phenoxy) is 1. The molecule has 0 spiro atoms. The first-order valence-electron chi connectivity index (χ1n) is 7.73. The van der Waals surface area contributed by atoms with Crippen molar-refractivity contribution in [3.8, 4) is 16.9 Å². The van der Waals surface area contributed by atoms with Crippen molar-refractivity contribution in [1.82, 2.24) is 0 Å². The van der Waals surface area contributed by atoms with E-state index in [-0.39, 0.29) is 34.6 Å². The molecule has 0 unspecified atom stereocenters. The number of rotatable bonds is 3. The second-order valence-corrected chi connectivity index (χ2v) is 5.86. The molecule has 1 heterocycles. The van der Waals surface area contributed by atoms with Crippen molar-refractivity contribution in [2.75, 3.05) is 6.61 Å². The molecule has 136 valence electrons. The monoisotopic (exact) mass is 365 g/mol. The van der Waals surface area contributed by atoms with Gasteiger partial charge >= 0.3 is 12.1 Å². The third-order valence-corrected chi connectivity index (χ3v) is 4.16. The first kappa shape index (κ1) is 17.8. The predicted octanol–water partition coefficient (Wildman–Crippen LogP) is 3.49. The zero-order valence-corrected chi connectivity index (χ0v) is 13.4. The SMILES string of the molecule is NC(=O)c1c(C(=O)O)cccc1-c1cc2c(c(C(F)(F)F)c1)OCCC2. The highest BCUT2D eigenvalue weighted by atomic mass is 19.4. The molecule has 2 aromatic carbocycles. The van der Waals surface area contributed by atoms with E-state index >= 15 is 0 Å². The summed E-state index contributed by atoms with van der Waals surface area (Å²) in [5, 5.41) is 9.25. The molecule has 0 bridgehead atoms. The molecule has 0 atom stereocenters. The number of aryl methyl sites for hydroxylation is 1. The number of primary amides is 1. The summed E-state index contributed by atoms with van der Waals surface area (Å²) in [6.45, 7) is 0.191. The van der Waals surface area contributed by atoms with E-state index in [1.807, 2.05) is 0 Å². The van der Waals surface area contributed by atoms with Crippen molar-refractivity contribution in [2.45, 2.75) is 19.0 Å². The summed E-state index contributed by atoms with van der Waals surface area (Å²) in [5.41, 5.74) is 4.12. The molecule has 0 aliphatic carbocycles. The maximum absolute atomic E-state index is 13.5. The number of nitrogens with two attached hydrogens (primary N) is 1. The summed E-state index contributed by atoms with van der Waals surface area (Å²) in [6.07, 6.45) is -3.71. The van der Waals surface area contributed by atoms with Gasteiger partial charge in [-0.25, -0.2) is 4.79 Å². The summed E-state index contributed by atoms with van der Waals surface area (Å²) < 4.78 is 45.6. The summed E-state index contributed by atoms with van der Waals surface area (Å²) in [6, 6.07) is 6.25. The Balaban J connectivity index is 2.30. The van der Waals surface area contributed by atoms with Gasteiger partial charge < -0.3 is 15.6 Å². The Kier molecular flexibility index (Phi) is 4.35. The molecule has 1 aliphatic heterocycles. The highest BCUT2D eigenvalue weighted by molar-refractivity contribution is 6.09. The number of hydrogen-bond acceptors (Lipinski definition) is 3. The maximum Gasteiger partial charge on any atom is 0.419 e. The number of carbonyl (C=O) groups is 2. The summed E-state index contributed by atoms with van der Waals surface area (Å²) in [4.78, 5) is 23.2. The standard InChI is InChI=1S/C18H14F3NO4/c19-18(20,21)13-8-10(7-9-3-2-6-26-15(9)13)11-4-1-5-12(17(24)25)14(11)16(22)23/h1,4-5,7-8H,2-3,6H2,(H2,22,23)(H,24,25). The zero-order valence-electron chi connectivity index (χ0n) is 13.4. The minimum Gasteiger partial charge on any atom is -0.493 e. The number of hydrogen-bond donors (Lipinski definition) is 2. The van der Waals surface area contributed by atoms with Crippen LogP contribution in [0.1, 0.15) is 38.3 Å². The van der Waals surface area contributed by atoms with Gasteiger partial charge in [0.25, 0.3) is 0 Å². The molecule has 0 fully saturated rings. The summed E-state index contributed by atoms with van der Waals surface area (Å²) in [7, 11) is 0. The fourth-order valence-electron chi connectivity index (χ4n) is 3.08. The van der Waals surface area contributed by atoms with E-state index in [4.69, 9.17) is 10.5 Å². The van der Waals surface area contributed by atoms with E-state index < -0.39 is 23.6 Å². The lowest BCUT2D eigenvalue weighted by Gasteiger charge is -2.23. The van der Waals surface area contributed by atoms with Crippen LogP contribution in [0.25, 0.3) is 11.1 Å². The van der Waals surface area contributed by atoms with E-state index in [0.29, 0.717) is 18.4 Å². The van der Waals surface area contributed by atoms with Crippen molar-refractivity contribution < 1.29 is 32.6 Å². The average molecular weight is 365 g/mol. The van der Waals surface area contributed by atoms with Gasteiger partial charge in [0.1, 0.15) is 5.75 Å². The highest BCUT2D eigenvalue weighted by Crippen LogP contribution is 2.43. The van der Waals surface area contributed by atoms with Gasteiger partial charge in [-0.15, -0.1) is 0 Å². The molecular formula is C18H14F3NO4. The van der Waals surface area contributed by atoms with Crippen LogP contribution in [0, 0.1) is 0 Å². The summed E-state index contributed by atoms with van der Waals surface area (Å²) >= 11 is 0. The van der Waals surface area contributed by atoms with Gasteiger partial charge in [-0.05, 0) is 47.7 Å². The van der Waals surface area contributed by atoms with E-state index in [1.165, 1.54) is 24.3 Å². The number of aromatic carboxylic acids is 1. The molecule has 2 aromatic rings. The van der Waals surface area contributed by atoms with Gasteiger partial charge in [-0.2, -0.15) is 13.2 Å². The van der Waals surface area contributed by atoms with E-state index in [1.54, 1.807) is 0 Å². The predicted molar refractivity (Wildman–Crippen MR) is 86.2 cm³/mol. The van der Waals surface area contributed by atoms with Crippen molar-refractivity contribution in [2.24, 2.45) is 5.73 Å². The van der Waals surface area contributed by atoms with Gasteiger partial charge in [0, 0.05) is 0 Å². The Morgan fingerprint density at radius 3 is 2.54 bits per heavy atom. The third-order valence-electron chi connectivity index (χ3n) is 4.16. The quantitative estimate of drug-likeness (QED) is 0.871. The Morgan fingerprint density at radius 1 is 1.19 bits per heavy atom. The van der Waals surface area contributed by atoms with E-state index in [2.05, 4.69) is 0 Å². The first-order valence-corrected chi connectivity index (χ1v) is 7.73. The van der Waals surface area contributed by atoms with Crippen molar-refractivity contribution in [1.29, 1.82) is 0 Å². The van der Waals surface area contributed by atoms with Crippen LogP contribution in [0.5, 0.6) is 5.75 Å². The van der Waals surface area contributed by atoms with Gasteiger partial charge in [0.05, 0.1) is 23.3 Å². The third kappa shape index (κ3) is 3.10. The normalized spacial score (nSPS) is 13.7. The zero-order chi connectivity index (χ0) is 19.1.